The molecule has 0 amide bonds. The SMILES string of the molecule is CCOCc1nc(N)nc(CC)n1. The molecule has 0 saturated carbocycles. The molecule has 0 aliphatic carbocycles. The largest absolute Gasteiger partial charge is 0.374 e. The number of hydrogen-bond donors (Lipinski definition) is 1. The van der Waals surface area contributed by atoms with Gasteiger partial charge < -0.3 is 10.5 Å². The Bertz CT molecular complexity index is 277. The van der Waals surface area contributed by atoms with Crippen molar-refractivity contribution in [3.63, 3.8) is 0 Å². The molecular formula is C8H14N4O. The van der Waals surface area contributed by atoms with Crippen molar-refractivity contribution in [1.82, 2.24) is 15.0 Å². The quantitative estimate of drug-likeness (QED) is 0.736. The van der Waals surface area contributed by atoms with E-state index in [1.165, 1.54) is 0 Å². The molecule has 0 saturated heterocycles. The van der Waals surface area contributed by atoms with Gasteiger partial charge in [-0.3, -0.25) is 0 Å². The van der Waals surface area contributed by atoms with E-state index < -0.39 is 0 Å². The van der Waals surface area contributed by atoms with Crippen molar-refractivity contribution < 1.29 is 4.74 Å². The minimum Gasteiger partial charge on any atom is -0.374 e. The second-order valence-corrected chi connectivity index (χ2v) is 2.52. The van der Waals surface area contributed by atoms with E-state index in [0.717, 1.165) is 6.42 Å². The van der Waals surface area contributed by atoms with E-state index >= 15 is 0 Å². The summed E-state index contributed by atoms with van der Waals surface area (Å²) in [5.41, 5.74) is 5.49. The van der Waals surface area contributed by atoms with Gasteiger partial charge in [-0.25, -0.2) is 4.98 Å². The highest BCUT2D eigenvalue weighted by Crippen LogP contribution is 1.99. The molecule has 72 valence electrons. The first kappa shape index (κ1) is 9.85. The summed E-state index contributed by atoms with van der Waals surface area (Å²) in [6.45, 7) is 4.94. The average molecular weight is 182 g/mol. The predicted molar refractivity (Wildman–Crippen MR) is 48.9 cm³/mol. The Balaban J connectivity index is 2.76. The standard InChI is InChI=1S/C8H14N4O/c1-3-6-10-7(5-13-4-2)12-8(9)11-6/h3-5H2,1-2H3,(H2,9,10,11,12). The van der Waals surface area contributed by atoms with Crippen molar-refractivity contribution in [2.24, 2.45) is 0 Å². The van der Waals surface area contributed by atoms with E-state index in [0.29, 0.717) is 24.9 Å². The Kier molecular flexibility index (Phi) is 3.57. The molecule has 5 nitrogen and oxygen atoms in total. The molecule has 0 radical (unpaired) electrons. The van der Waals surface area contributed by atoms with Gasteiger partial charge in [0.2, 0.25) is 5.95 Å². The van der Waals surface area contributed by atoms with Crippen LogP contribution in [0, 0.1) is 0 Å². The molecular weight excluding hydrogens is 168 g/mol. The maximum atomic E-state index is 5.49. The van der Waals surface area contributed by atoms with Gasteiger partial charge in [0.15, 0.2) is 5.82 Å². The van der Waals surface area contributed by atoms with Crippen LogP contribution in [0.15, 0.2) is 0 Å². The lowest BCUT2D eigenvalue weighted by atomic mass is 10.4. The molecule has 1 heterocycles. The fraction of sp³-hybridized carbons (Fsp3) is 0.625. The molecule has 0 bridgehead atoms. The topological polar surface area (TPSA) is 73.9 Å². The average Bonchev–Trinajstić information content (AvgIpc) is 2.14. The van der Waals surface area contributed by atoms with E-state index in [9.17, 15) is 0 Å². The Labute approximate surface area is 77.4 Å². The number of aromatic nitrogens is 3. The number of nitrogens with zero attached hydrogens (tertiary/aromatic N) is 3. The molecule has 0 spiro atoms. The first-order valence-corrected chi connectivity index (χ1v) is 4.33. The van der Waals surface area contributed by atoms with Gasteiger partial charge in [0.05, 0.1) is 0 Å². The van der Waals surface area contributed by atoms with Crippen LogP contribution in [0.5, 0.6) is 0 Å². The molecule has 2 N–H and O–H groups in total. The zero-order chi connectivity index (χ0) is 9.68. The van der Waals surface area contributed by atoms with Crippen LogP contribution in [-0.4, -0.2) is 21.6 Å². The zero-order valence-electron chi connectivity index (χ0n) is 7.95. The third-order valence-electron chi connectivity index (χ3n) is 1.50. The zero-order valence-corrected chi connectivity index (χ0v) is 7.95. The maximum absolute atomic E-state index is 5.49. The number of rotatable bonds is 4. The molecule has 0 aliphatic rings. The highest BCUT2D eigenvalue weighted by molar-refractivity contribution is 5.15. The maximum Gasteiger partial charge on any atom is 0.223 e. The number of anilines is 1. The van der Waals surface area contributed by atoms with Gasteiger partial charge in [-0.1, -0.05) is 6.92 Å². The van der Waals surface area contributed by atoms with Crippen molar-refractivity contribution in [1.29, 1.82) is 0 Å². The number of ether oxygens (including phenoxy) is 1. The van der Waals surface area contributed by atoms with Gasteiger partial charge in [-0.05, 0) is 6.92 Å². The molecule has 5 heteroatoms. The summed E-state index contributed by atoms with van der Waals surface area (Å²) < 4.78 is 5.17. The van der Waals surface area contributed by atoms with Crippen LogP contribution in [0.3, 0.4) is 0 Å². The van der Waals surface area contributed by atoms with Gasteiger partial charge in [0, 0.05) is 13.0 Å². The summed E-state index contributed by atoms with van der Waals surface area (Å²) in [6.07, 6.45) is 0.756. The molecule has 1 aromatic rings. The fourth-order valence-corrected chi connectivity index (χ4v) is 0.904. The van der Waals surface area contributed by atoms with Crippen molar-refractivity contribution in [2.75, 3.05) is 12.3 Å². The first-order valence-electron chi connectivity index (χ1n) is 4.33. The van der Waals surface area contributed by atoms with Crippen molar-refractivity contribution in [2.45, 2.75) is 26.9 Å². The summed E-state index contributed by atoms with van der Waals surface area (Å²) in [5, 5.41) is 0. The monoisotopic (exact) mass is 182 g/mol. The summed E-state index contributed by atoms with van der Waals surface area (Å²) in [6, 6.07) is 0. The van der Waals surface area contributed by atoms with Crippen LogP contribution < -0.4 is 5.73 Å². The Morgan fingerprint density at radius 2 is 1.85 bits per heavy atom. The molecule has 0 fully saturated rings. The van der Waals surface area contributed by atoms with E-state index in [4.69, 9.17) is 10.5 Å². The van der Waals surface area contributed by atoms with E-state index in [1.54, 1.807) is 0 Å². The number of hydrogen-bond acceptors (Lipinski definition) is 5. The Morgan fingerprint density at radius 1 is 1.15 bits per heavy atom. The Morgan fingerprint density at radius 3 is 2.46 bits per heavy atom. The predicted octanol–water partition coefficient (Wildman–Crippen LogP) is 0.553. The van der Waals surface area contributed by atoms with Crippen LogP contribution in [0.1, 0.15) is 25.5 Å². The summed E-state index contributed by atoms with van der Waals surface area (Å²) in [7, 11) is 0. The van der Waals surface area contributed by atoms with Crippen LogP contribution in [-0.2, 0) is 17.8 Å². The van der Waals surface area contributed by atoms with Gasteiger partial charge in [-0.15, -0.1) is 0 Å². The second-order valence-electron chi connectivity index (χ2n) is 2.52. The minimum absolute atomic E-state index is 0.265. The van der Waals surface area contributed by atoms with Crippen molar-refractivity contribution >= 4 is 5.95 Å². The van der Waals surface area contributed by atoms with Crippen LogP contribution in [0.25, 0.3) is 0 Å². The van der Waals surface area contributed by atoms with Crippen LogP contribution in [0.2, 0.25) is 0 Å². The van der Waals surface area contributed by atoms with Gasteiger partial charge in [0.25, 0.3) is 0 Å². The van der Waals surface area contributed by atoms with E-state index in [2.05, 4.69) is 15.0 Å². The summed E-state index contributed by atoms with van der Waals surface area (Å²) in [4.78, 5) is 12.1. The molecule has 0 aromatic carbocycles. The van der Waals surface area contributed by atoms with E-state index in [-0.39, 0.29) is 5.95 Å². The molecule has 1 aromatic heterocycles. The summed E-state index contributed by atoms with van der Waals surface area (Å²) >= 11 is 0. The number of nitrogens with two attached hydrogens (primary N) is 1. The van der Waals surface area contributed by atoms with E-state index in [1.807, 2.05) is 13.8 Å². The highest BCUT2D eigenvalue weighted by Gasteiger charge is 2.01. The third kappa shape index (κ3) is 2.95. The lowest BCUT2D eigenvalue weighted by Crippen LogP contribution is -2.08. The van der Waals surface area contributed by atoms with Gasteiger partial charge in [-0.2, -0.15) is 9.97 Å². The summed E-state index contributed by atoms with van der Waals surface area (Å²) in [5.74, 6) is 1.58. The molecule has 0 atom stereocenters. The van der Waals surface area contributed by atoms with Crippen LogP contribution >= 0.6 is 0 Å². The third-order valence-corrected chi connectivity index (χ3v) is 1.50. The highest BCUT2D eigenvalue weighted by atomic mass is 16.5. The molecule has 1 rings (SSSR count). The van der Waals surface area contributed by atoms with Gasteiger partial charge in [0.1, 0.15) is 12.4 Å². The van der Waals surface area contributed by atoms with Crippen LogP contribution in [0.4, 0.5) is 5.95 Å². The Hall–Kier alpha value is -1.23. The second kappa shape index (κ2) is 4.71. The molecule has 0 unspecified atom stereocenters. The minimum atomic E-state index is 0.265. The normalized spacial score (nSPS) is 10.3. The van der Waals surface area contributed by atoms with Crippen molar-refractivity contribution in [3.05, 3.63) is 11.6 Å². The smallest absolute Gasteiger partial charge is 0.223 e. The number of aryl methyl sites for hydroxylation is 1. The lowest BCUT2D eigenvalue weighted by Gasteiger charge is -2.02. The number of nitrogen functional groups attached to an aromatic ring is 1. The van der Waals surface area contributed by atoms with Gasteiger partial charge >= 0.3 is 0 Å². The molecule has 0 aliphatic heterocycles. The lowest BCUT2D eigenvalue weighted by molar-refractivity contribution is 0.128. The fourth-order valence-electron chi connectivity index (χ4n) is 0.904. The van der Waals surface area contributed by atoms with Crippen molar-refractivity contribution in [3.8, 4) is 0 Å². The first-order chi connectivity index (χ1) is 6.26. The molecule has 13 heavy (non-hydrogen) atoms.